The van der Waals surface area contributed by atoms with Crippen LogP contribution in [0.25, 0.3) is 0 Å². The van der Waals surface area contributed by atoms with Crippen molar-refractivity contribution in [2.45, 2.75) is 6.42 Å². The van der Waals surface area contributed by atoms with Gasteiger partial charge in [-0.25, -0.2) is 4.79 Å². The Morgan fingerprint density at radius 1 is 1.29 bits per heavy atom. The quantitative estimate of drug-likeness (QED) is 0.272. The Labute approximate surface area is 81.7 Å². The molecule has 0 fully saturated rings. The lowest BCUT2D eigenvalue weighted by Crippen LogP contribution is -2.31. The number of carbonyl (C=O) groups excluding carboxylic acids is 3. The largest absolute Gasteiger partial charge is 0.468 e. The van der Waals surface area contributed by atoms with Gasteiger partial charge in [0.1, 0.15) is 5.92 Å². The number of hydrogen-bond donors (Lipinski definition) is 0. The van der Waals surface area contributed by atoms with Gasteiger partial charge in [-0.3, -0.25) is 9.59 Å². The summed E-state index contributed by atoms with van der Waals surface area (Å²) >= 11 is 0. The van der Waals surface area contributed by atoms with Crippen molar-refractivity contribution in [1.29, 1.82) is 0 Å². The Hall–Kier alpha value is -1.65. The van der Waals surface area contributed by atoms with Crippen molar-refractivity contribution < 1.29 is 23.9 Å². The first-order chi connectivity index (χ1) is 6.58. The monoisotopic (exact) mass is 200 g/mol. The fourth-order valence-corrected chi connectivity index (χ4v) is 0.862. The van der Waals surface area contributed by atoms with Crippen molar-refractivity contribution in [3.05, 3.63) is 12.7 Å². The van der Waals surface area contributed by atoms with Gasteiger partial charge in [0.25, 0.3) is 5.78 Å². The van der Waals surface area contributed by atoms with Gasteiger partial charge in [-0.15, -0.1) is 6.58 Å². The van der Waals surface area contributed by atoms with Gasteiger partial charge in [0.2, 0.25) is 0 Å². The number of esters is 2. The van der Waals surface area contributed by atoms with Crippen LogP contribution in [0.4, 0.5) is 0 Å². The zero-order chi connectivity index (χ0) is 11.1. The highest BCUT2D eigenvalue weighted by atomic mass is 16.5. The van der Waals surface area contributed by atoms with E-state index in [-0.39, 0.29) is 6.42 Å². The van der Waals surface area contributed by atoms with E-state index in [2.05, 4.69) is 16.1 Å². The van der Waals surface area contributed by atoms with Gasteiger partial charge in [-0.1, -0.05) is 6.08 Å². The summed E-state index contributed by atoms with van der Waals surface area (Å²) in [5.41, 5.74) is 0. The molecule has 0 amide bonds. The van der Waals surface area contributed by atoms with E-state index in [4.69, 9.17) is 0 Å². The average Bonchev–Trinajstić information content (AvgIpc) is 2.22. The summed E-state index contributed by atoms with van der Waals surface area (Å²) in [4.78, 5) is 33.1. The Morgan fingerprint density at radius 3 is 2.21 bits per heavy atom. The first-order valence-corrected chi connectivity index (χ1v) is 3.89. The number of rotatable bonds is 5. The molecule has 0 aromatic heterocycles. The second-order valence-corrected chi connectivity index (χ2v) is 2.46. The maximum atomic E-state index is 11.2. The van der Waals surface area contributed by atoms with Crippen LogP contribution in [-0.4, -0.2) is 31.9 Å². The van der Waals surface area contributed by atoms with E-state index in [0.29, 0.717) is 0 Å². The van der Waals surface area contributed by atoms with E-state index in [1.54, 1.807) is 0 Å². The molecule has 0 aromatic carbocycles. The van der Waals surface area contributed by atoms with Gasteiger partial charge >= 0.3 is 11.9 Å². The second kappa shape index (κ2) is 5.90. The molecule has 0 aliphatic rings. The molecule has 14 heavy (non-hydrogen) atoms. The molecular formula is C9H12O5. The van der Waals surface area contributed by atoms with Crippen molar-refractivity contribution in [1.82, 2.24) is 0 Å². The highest BCUT2D eigenvalue weighted by molar-refractivity contribution is 6.37. The first kappa shape index (κ1) is 12.3. The number of Topliss-reactive ketones (excluding diaryl/α,β-unsaturated/α-hetero) is 1. The minimum atomic E-state index is -1.15. The van der Waals surface area contributed by atoms with E-state index >= 15 is 0 Å². The summed E-state index contributed by atoms with van der Waals surface area (Å²) < 4.78 is 8.57. The SMILES string of the molecule is C=CCC(C(=O)OC)C(=O)C(=O)OC. The van der Waals surface area contributed by atoms with E-state index < -0.39 is 23.6 Å². The van der Waals surface area contributed by atoms with Crippen LogP contribution in [0.3, 0.4) is 0 Å². The van der Waals surface area contributed by atoms with Gasteiger partial charge in [0.15, 0.2) is 0 Å². The third kappa shape index (κ3) is 3.01. The maximum absolute atomic E-state index is 11.2. The minimum Gasteiger partial charge on any atom is -0.468 e. The molecule has 5 nitrogen and oxygen atoms in total. The van der Waals surface area contributed by atoms with Crippen LogP contribution in [0.1, 0.15) is 6.42 Å². The molecule has 0 saturated carbocycles. The van der Waals surface area contributed by atoms with Crippen molar-refractivity contribution in [2.24, 2.45) is 5.92 Å². The zero-order valence-corrected chi connectivity index (χ0v) is 8.11. The molecule has 0 aliphatic heterocycles. The van der Waals surface area contributed by atoms with Crippen LogP contribution in [0.2, 0.25) is 0 Å². The van der Waals surface area contributed by atoms with Crippen LogP contribution >= 0.6 is 0 Å². The zero-order valence-electron chi connectivity index (χ0n) is 8.11. The van der Waals surface area contributed by atoms with E-state index in [1.807, 2.05) is 0 Å². The molecule has 78 valence electrons. The summed E-state index contributed by atoms with van der Waals surface area (Å²) in [5, 5.41) is 0. The predicted octanol–water partition coefficient (Wildman–Crippen LogP) is 0.0938. The van der Waals surface area contributed by atoms with E-state index in [1.165, 1.54) is 6.08 Å². The number of allylic oxidation sites excluding steroid dienone is 1. The molecule has 0 spiro atoms. The van der Waals surface area contributed by atoms with Crippen LogP contribution < -0.4 is 0 Å². The van der Waals surface area contributed by atoms with Crippen LogP contribution in [0, 0.1) is 5.92 Å². The Bertz CT molecular complexity index is 256. The topological polar surface area (TPSA) is 69.7 Å². The highest BCUT2D eigenvalue weighted by Crippen LogP contribution is 2.08. The molecule has 0 bridgehead atoms. The van der Waals surface area contributed by atoms with Crippen LogP contribution in [-0.2, 0) is 23.9 Å². The van der Waals surface area contributed by atoms with E-state index in [9.17, 15) is 14.4 Å². The van der Waals surface area contributed by atoms with Crippen molar-refractivity contribution in [2.75, 3.05) is 14.2 Å². The maximum Gasteiger partial charge on any atom is 0.375 e. The molecule has 0 aromatic rings. The molecule has 5 heteroatoms. The number of ether oxygens (including phenoxy) is 2. The summed E-state index contributed by atoms with van der Waals surface area (Å²) in [6, 6.07) is 0. The number of carbonyl (C=O) groups is 3. The molecule has 0 aliphatic carbocycles. The van der Waals surface area contributed by atoms with E-state index in [0.717, 1.165) is 14.2 Å². The average molecular weight is 200 g/mol. The second-order valence-electron chi connectivity index (χ2n) is 2.46. The highest BCUT2D eigenvalue weighted by Gasteiger charge is 2.31. The van der Waals surface area contributed by atoms with Crippen molar-refractivity contribution >= 4 is 17.7 Å². The molecule has 0 N–H and O–H groups in total. The fourth-order valence-electron chi connectivity index (χ4n) is 0.862. The fraction of sp³-hybridized carbons (Fsp3) is 0.444. The molecule has 0 heterocycles. The van der Waals surface area contributed by atoms with Gasteiger partial charge in [0, 0.05) is 0 Å². The molecule has 1 unspecified atom stereocenters. The molecule has 0 rings (SSSR count). The number of hydrogen-bond acceptors (Lipinski definition) is 5. The van der Waals surface area contributed by atoms with Gasteiger partial charge < -0.3 is 9.47 Å². The number of ketones is 1. The van der Waals surface area contributed by atoms with Crippen LogP contribution in [0.15, 0.2) is 12.7 Å². The Balaban J connectivity index is 4.64. The molecule has 0 radical (unpaired) electrons. The first-order valence-electron chi connectivity index (χ1n) is 3.89. The van der Waals surface area contributed by atoms with Crippen LogP contribution in [0.5, 0.6) is 0 Å². The van der Waals surface area contributed by atoms with Crippen molar-refractivity contribution in [3.63, 3.8) is 0 Å². The third-order valence-corrected chi connectivity index (χ3v) is 1.59. The summed E-state index contributed by atoms with van der Waals surface area (Å²) in [6.45, 7) is 3.37. The van der Waals surface area contributed by atoms with Crippen molar-refractivity contribution in [3.8, 4) is 0 Å². The molecule has 0 saturated heterocycles. The Kier molecular flexibility index (Phi) is 5.21. The predicted molar refractivity (Wildman–Crippen MR) is 47.3 cm³/mol. The van der Waals surface area contributed by atoms with Gasteiger partial charge in [-0.2, -0.15) is 0 Å². The molecular weight excluding hydrogens is 188 g/mol. The van der Waals surface area contributed by atoms with Gasteiger partial charge in [0.05, 0.1) is 14.2 Å². The third-order valence-electron chi connectivity index (χ3n) is 1.59. The lowest BCUT2D eigenvalue weighted by Gasteiger charge is -2.09. The normalized spacial score (nSPS) is 11.3. The molecule has 1 atom stereocenters. The number of methoxy groups -OCH3 is 2. The van der Waals surface area contributed by atoms with Gasteiger partial charge in [-0.05, 0) is 6.42 Å². The minimum absolute atomic E-state index is 0.0562. The lowest BCUT2D eigenvalue weighted by molar-refractivity contribution is -0.159. The summed E-state index contributed by atoms with van der Waals surface area (Å²) in [6.07, 6.45) is 1.42. The lowest BCUT2D eigenvalue weighted by atomic mass is 10.0. The standard InChI is InChI=1S/C9H12O5/c1-4-5-6(8(11)13-2)7(10)9(12)14-3/h4,6H,1,5H2,2-3H3. The summed E-state index contributed by atoms with van der Waals surface area (Å²) in [5.74, 6) is -3.88. The summed E-state index contributed by atoms with van der Waals surface area (Å²) in [7, 11) is 2.21. The Morgan fingerprint density at radius 2 is 1.86 bits per heavy atom. The smallest absolute Gasteiger partial charge is 0.375 e.